The van der Waals surface area contributed by atoms with Gasteiger partial charge in [-0.05, 0) is 45.1 Å². The van der Waals surface area contributed by atoms with Crippen LogP contribution in [0.4, 0.5) is 5.69 Å². The number of halogens is 1. The monoisotopic (exact) mass is 346 g/mol. The van der Waals surface area contributed by atoms with Crippen LogP contribution in [0.25, 0.3) is 0 Å². The first kappa shape index (κ1) is 13.5. The lowest BCUT2D eigenvalue weighted by Gasteiger charge is -2.05. The van der Waals surface area contributed by atoms with E-state index in [9.17, 15) is 8.42 Å². The lowest BCUT2D eigenvalue weighted by Crippen LogP contribution is -2.02. The molecule has 2 heterocycles. The van der Waals surface area contributed by atoms with Crippen molar-refractivity contribution in [2.75, 3.05) is 11.6 Å². The van der Waals surface area contributed by atoms with E-state index < -0.39 is 9.84 Å². The van der Waals surface area contributed by atoms with Gasteiger partial charge in [0.25, 0.3) is 0 Å². The van der Waals surface area contributed by atoms with Crippen LogP contribution in [0.3, 0.4) is 0 Å². The number of sulfone groups is 1. The van der Waals surface area contributed by atoms with E-state index in [0.29, 0.717) is 6.54 Å². The van der Waals surface area contributed by atoms with E-state index in [0.717, 1.165) is 15.7 Å². The molecule has 0 spiro atoms. The Labute approximate surface area is 118 Å². The minimum absolute atomic E-state index is 0.0892. The summed E-state index contributed by atoms with van der Waals surface area (Å²) in [4.78, 5) is 3.91. The normalized spacial score (nSPS) is 11.4. The van der Waals surface area contributed by atoms with Crippen LogP contribution in [-0.2, 0) is 16.4 Å². The van der Waals surface area contributed by atoms with Crippen LogP contribution in [0.5, 0.6) is 0 Å². The summed E-state index contributed by atoms with van der Waals surface area (Å²) in [6.07, 6.45) is 2.67. The summed E-state index contributed by atoms with van der Waals surface area (Å²) in [5.74, 6) is 0. The first-order valence-electron chi connectivity index (χ1n) is 5.08. The maximum atomic E-state index is 11.2. The molecule has 0 saturated heterocycles. The second-order valence-electron chi connectivity index (χ2n) is 3.77. The molecule has 0 aliphatic carbocycles. The average Bonchev–Trinajstić information content (AvgIpc) is 2.72. The van der Waals surface area contributed by atoms with E-state index in [4.69, 9.17) is 0 Å². The van der Waals surface area contributed by atoms with Crippen LogP contribution in [0.1, 0.15) is 5.56 Å². The molecule has 2 rings (SSSR count). The molecule has 4 nitrogen and oxygen atoms in total. The van der Waals surface area contributed by atoms with Gasteiger partial charge in [-0.3, -0.25) is 0 Å². The summed E-state index contributed by atoms with van der Waals surface area (Å²) < 4.78 is 23.6. The number of hydrogen-bond donors (Lipinski definition) is 1. The van der Waals surface area contributed by atoms with Crippen LogP contribution in [0.2, 0.25) is 0 Å². The molecule has 0 atom stereocenters. The highest BCUT2D eigenvalue weighted by molar-refractivity contribution is 9.11. The van der Waals surface area contributed by atoms with Gasteiger partial charge in [0.1, 0.15) is 0 Å². The highest BCUT2D eigenvalue weighted by Crippen LogP contribution is 2.21. The molecule has 0 amide bonds. The van der Waals surface area contributed by atoms with Gasteiger partial charge in [0, 0.05) is 12.8 Å². The third-order valence-electron chi connectivity index (χ3n) is 2.23. The summed E-state index contributed by atoms with van der Waals surface area (Å²) in [5, 5.41) is 5.32. The lowest BCUT2D eigenvalue weighted by atomic mass is 10.3. The Morgan fingerprint density at radius 1 is 1.44 bits per heavy atom. The molecular weight excluding hydrogens is 336 g/mol. The smallest absolute Gasteiger partial charge is 0.192 e. The maximum Gasteiger partial charge on any atom is 0.192 e. The topological polar surface area (TPSA) is 59.1 Å². The molecule has 0 unspecified atom stereocenters. The number of hydrogen-bond acceptors (Lipinski definition) is 5. The maximum absolute atomic E-state index is 11.2. The van der Waals surface area contributed by atoms with Gasteiger partial charge < -0.3 is 5.32 Å². The van der Waals surface area contributed by atoms with Gasteiger partial charge in [-0.1, -0.05) is 0 Å². The summed E-state index contributed by atoms with van der Waals surface area (Å²) in [5.41, 5.74) is 1.96. The third kappa shape index (κ3) is 3.54. The quantitative estimate of drug-likeness (QED) is 0.924. The minimum atomic E-state index is -3.23. The first-order chi connectivity index (χ1) is 8.45. The van der Waals surface area contributed by atoms with Crippen LogP contribution in [0.15, 0.2) is 38.6 Å². The Balaban J connectivity index is 2.03. The molecule has 2 aromatic heterocycles. The largest absolute Gasteiger partial charge is 0.380 e. The van der Waals surface area contributed by atoms with Crippen LogP contribution in [0, 0.1) is 0 Å². The molecule has 0 bridgehead atoms. The van der Waals surface area contributed by atoms with Crippen LogP contribution < -0.4 is 5.32 Å². The molecule has 0 aromatic carbocycles. The van der Waals surface area contributed by atoms with Gasteiger partial charge in [0.15, 0.2) is 14.9 Å². The molecule has 1 N–H and O–H groups in total. The van der Waals surface area contributed by atoms with E-state index in [1.807, 2.05) is 6.07 Å². The van der Waals surface area contributed by atoms with E-state index >= 15 is 0 Å². The molecule has 0 fully saturated rings. The molecule has 96 valence electrons. The molecule has 18 heavy (non-hydrogen) atoms. The molecule has 7 heteroatoms. The van der Waals surface area contributed by atoms with Gasteiger partial charge in [0.05, 0.1) is 15.7 Å². The Bertz CT molecular complexity index is 635. The predicted octanol–water partition coefficient (Wildman–Crippen LogP) is 2.92. The van der Waals surface area contributed by atoms with Crippen molar-refractivity contribution in [1.29, 1.82) is 0 Å². The van der Waals surface area contributed by atoms with Gasteiger partial charge >= 0.3 is 0 Å². The summed E-state index contributed by atoms with van der Waals surface area (Å²) >= 11 is 5.03. The molecule has 0 aliphatic heterocycles. The van der Waals surface area contributed by atoms with Crippen molar-refractivity contribution in [3.8, 4) is 0 Å². The van der Waals surface area contributed by atoms with Crippen molar-refractivity contribution >= 4 is 42.8 Å². The van der Waals surface area contributed by atoms with Crippen molar-refractivity contribution in [2.45, 2.75) is 11.6 Å². The fourth-order valence-corrected chi connectivity index (χ4v) is 3.12. The second kappa shape index (κ2) is 5.38. The summed E-state index contributed by atoms with van der Waals surface area (Å²) in [7, 11) is -3.23. The molecule has 2 aromatic rings. The van der Waals surface area contributed by atoms with E-state index in [2.05, 4.69) is 31.6 Å². The highest BCUT2D eigenvalue weighted by Gasteiger charge is 2.07. The summed E-state index contributed by atoms with van der Waals surface area (Å²) in [6, 6.07) is 5.25. The van der Waals surface area contributed by atoms with Crippen LogP contribution >= 0.6 is 27.3 Å². The number of rotatable bonds is 4. The number of nitrogens with zero attached hydrogens (tertiary/aromatic N) is 1. The van der Waals surface area contributed by atoms with Crippen molar-refractivity contribution in [2.24, 2.45) is 0 Å². The van der Waals surface area contributed by atoms with Gasteiger partial charge in [-0.25, -0.2) is 13.4 Å². The third-order valence-corrected chi connectivity index (χ3v) is 4.79. The lowest BCUT2D eigenvalue weighted by molar-refractivity contribution is 0.598. The second-order valence-corrected chi connectivity index (χ2v) is 8.02. The predicted molar refractivity (Wildman–Crippen MR) is 76.7 cm³/mol. The Morgan fingerprint density at radius 3 is 2.72 bits per heavy atom. The zero-order valence-corrected chi connectivity index (χ0v) is 12.8. The Hall–Kier alpha value is -0.920. The first-order valence-corrected chi connectivity index (χ1v) is 8.64. The van der Waals surface area contributed by atoms with Crippen molar-refractivity contribution in [1.82, 2.24) is 4.98 Å². The zero-order valence-electron chi connectivity index (χ0n) is 9.55. The number of thiophene rings is 1. The van der Waals surface area contributed by atoms with Gasteiger partial charge in [-0.15, -0.1) is 11.3 Å². The standard InChI is InChI=1S/C11H11BrN2O2S2/c1-18(15,16)11-3-2-9(6-14-11)13-5-8-4-10(12)17-7-8/h2-4,6-7,13H,5H2,1H3. The number of anilines is 1. The van der Waals surface area contributed by atoms with Crippen molar-refractivity contribution in [3.05, 3.63) is 39.1 Å². The molecule has 0 aliphatic rings. The minimum Gasteiger partial charge on any atom is -0.380 e. The van der Waals surface area contributed by atoms with Gasteiger partial charge in [0.2, 0.25) is 0 Å². The Morgan fingerprint density at radius 2 is 2.22 bits per heavy atom. The summed E-state index contributed by atoms with van der Waals surface area (Å²) in [6.45, 7) is 0.683. The van der Waals surface area contributed by atoms with E-state index in [1.165, 1.54) is 17.8 Å². The zero-order chi connectivity index (χ0) is 13.2. The molecular formula is C11H11BrN2O2S2. The SMILES string of the molecule is CS(=O)(=O)c1ccc(NCc2csc(Br)c2)cn1. The average molecular weight is 347 g/mol. The van der Waals surface area contributed by atoms with E-state index in [-0.39, 0.29) is 5.03 Å². The fraction of sp³-hybridized carbons (Fsp3) is 0.182. The Kier molecular flexibility index (Phi) is 4.04. The van der Waals surface area contributed by atoms with E-state index in [1.54, 1.807) is 17.4 Å². The molecule has 0 radical (unpaired) electrons. The van der Waals surface area contributed by atoms with Crippen LogP contribution in [-0.4, -0.2) is 19.7 Å². The number of aromatic nitrogens is 1. The number of pyridine rings is 1. The highest BCUT2D eigenvalue weighted by atomic mass is 79.9. The number of nitrogens with one attached hydrogen (secondary N) is 1. The fourth-order valence-electron chi connectivity index (χ4n) is 1.35. The van der Waals surface area contributed by atoms with Gasteiger partial charge in [-0.2, -0.15) is 0 Å². The van der Waals surface area contributed by atoms with Crippen molar-refractivity contribution < 1.29 is 8.42 Å². The van der Waals surface area contributed by atoms with Crippen molar-refractivity contribution in [3.63, 3.8) is 0 Å². The molecule has 0 saturated carbocycles.